The monoisotopic (exact) mass is 601 g/mol. The molecular weight excluding hydrogens is 574 g/mol. The summed E-state index contributed by atoms with van der Waals surface area (Å²) in [6.07, 6.45) is 0. The smallest absolute Gasteiger partial charge is 0.151 e. The van der Waals surface area contributed by atoms with Crippen LogP contribution in [-0.4, -0.2) is 4.57 Å². The van der Waals surface area contributed by atoms with Crippen molar-refractivity contribution < 1.29 is 4.74 Å². The number of nitrogens with zero attached hydrogens (tertiary/aromatic N) is 3. The van der Waals surface area contributed by atoms with Gasteiger partial charge >= 0.3 is 0 Å². The van der Waals surface area contributed by atoms with Gasteiger partial charge < -0.3 is 14.2 Å². The third kappa shape index (κ3) is 4.22. The molecule has 0 spiro atoms. The fourth-order valence-electron chi connectivity index (χ4n) is 7.01. The summed E-state index contributed by atoms with van der Waals surface area (Å²) in [5.41, 5.74) is 10.6. The summed E-state index contributed by atoms with van der Waals surface area (Å²) in [6, 6.07) is 58.8. The van der Waals surface area contributed by atoms with Gasteiger partial charge in [0.15, 0.2) is 11.5 Å². The van der Waals surface area contributed by atoms with E-state index in [9.17, 15) is 5.26 Å². The highest BCUT2D eigenvalue weighted by molar-refractivity contribution is 6.09. The lowest BCUT2D eigenvalue weighted by Crippen LogP contribution is -2.15. The Morgan fingerprint density at radius 1 is 0.468 bits per heavy atom. The van der Waals surface area contributed by atoms with Crippen LogP contribution in [0, 0.1) is 11.3 Å². The molecule has 4 heteroatoms. The maximum atomic E-state index is 10.8. The molecule has 2 heterocycles. The fourth-order valence-corrected chi connectivity index (χ4v) is 7.01. The van der Waals surface area contributed by atoms with Crippen molar-refractivity contribution in [1.82, 2.24) is 4.57 Å². The van der Waals surface area contributed by atoms with Gasteiger partial charge in [-0.05, 0) is 60.2 Å². The van der Waals surface area contributed by atoms with Gasteiger partial charge in [-0.2, -0.15) is 5.26 Å². The Balaban J connectivity index is 1.22. The van der Waals surface area contributed by atoms with Crippen LogP contribution >= 0.6 is 0 Å². The zero-order chi connectivity index (χ0) is 31.3. The number of hydrogen-bond acceptors (Lipinski definition) is 3. The third-order valence-corrected chi connectivity index (χ3v) is 9.04. The lowest BCUT2D eigenvalue weighted by atomic mass is 9.91. The molecule has 9 rings (SSSR count). The molecule has 0 amide bonds. The molecule has 0 saturated carbocycles. The fraction of sp³-hybridized carbons (Fsp3) is 0. The Bertz CT molecular complexity index is 2440. The number of fused-ring (bicyclic) bond motifs is 5. The van der Waals surface area contributed by atoms with E-state index in [1.54, 1.807) is 0 Å². The van der Waals surface area contributed by atoms with Crippen molar-refractivity contribution in [1.29, 1.82) is 5.26 Å². The largest absolute Gasteiger partial charge is 0.453 e. The van der Waals surface area contributed by atoms with E-state index in [-0.39, 0.29) is 0 Å². The molecule has 0 N–H and O–H groups in total. The quantitative estimate of drug-likeness (QED) is 0.201. The highest BCUT2D eigenvalue weighted by atomic mass is 16.5. The van der Waals surface area contributed by atoms with Crippen molar-refractivity contribution in [2.24, 2.45) is 0 Å². The van der Waals surface area contributed by atoms with Gasteiger partial charge in [0.1, 0.15) is 6.07 Å². The number of ether oxygens (including phenoxy) is 1. The first kappa shape index (κ1) is 26.8. The number of aromatic nitrogens is 1. The Labute approximate surface area is 272 Å². The molecule has 0 bridgehead atoms. The van der Waals surface area contributed by atoms with E-state index >= 15 is 0 Å². The van der Waals surface area contributed by atoms with Gasteiger partial charge in [-0.15, -0.1) is 0 Å². The molecule has 1 aromatic heterocycles. The maximum Gasteiger partial charge on any atom is 0.151 e. The molecule has 47 heavy (non-hydrogen) atoms. The summed E-state index contributed by atoms with van der Waals surface area (Å²) in [7, 11) is 0. The van der Waals surface area contributed by atoms with Crippen LogP contribution in [0.2, 0.25) is 0 Å². The number of para-hydroxylation sites is 7. The van der Waals surface area contributed by atoms with Crippen LogP contribution in [0.3, 0.4) is 0 Å². The van der Waals surface area contributed by atoms with Gasteiger partial charge in [0.25, 0.3) is 0 Å². The van der Waals surface area contributed by atoms with Crippen LogP contribution in [0.4, 0.5) is 17.1 Å². The van der Waals surface area contributed by atoms with Crippen molar-refractivity contribution in [3.05, 3.63) is 169 Å². The molecule has 0 atom stereocenters. The van der Waals surface area contributed by atoms with Gasteiger partial charge in [0.05, 0.1) is 33.7 Å². The van der Waals surface area contributed by atoms with Crippen LogP contribution in [-0.2, 0) is 0 Å². The van der Waals surface area contributed by atoms with E-state index in [0.717, 1.165) is 67.5 Å². The van der Waals surface area contributed by atoms with Crippen molar-refractivity contribution in [3.8, 4) is 45.5 Å². The maximum absolute atomic E-state index is 10.8. The Hall–Kier alpha value is -6.57. The molecule has 1 aliphatic rings. The van der Waals surface area contributed by atoms with Gasteiger partial charge in [0, 0.05) is 33.2 Å². The van der Waals surface area contributed by atoms with E-state index < -0.39 is 0 Å². The lowest BCUT2D eigenvalue weighted by Gasteiger charge is -2.33. The second-order valence-electron chi connectivity index (χ2n) is 11.7. The molecule has 8 aromatic rings. The molecule has 0 fully saturated rings. The summed E-state index contributed by atoms with van der Waals surface area (Å²) < 4.78 is 8.58. The van der Waals surface area contributed by atoms with Crippen molar-refractivity contribution in [3.63, 3.8) is 0 Å². The van der Waals surface area contributed by atoms with Gasteiger partial charge in [-0.1, -0.05) is 109 Å². The minimum atomic E-state index is 0.639. The molecule has 7 aromatic carbocycles. The van der Waals surface area contributed by atoms with Gasteiger partial charge in [-0.25, -0.2) is 0 Å². The first-order chi connectivity index (χ1) is 23.3. The predicted octanol–water partition coefficient (Wildman–Crippen LogP) is 11.6. The van der Waals surface area contributed by atoms with Crippen molar-refractivity contribution >= 4 is 38.9 Å². The average molecular weight is 602 g/mol. The highest BCUT2D eigenvalue weighted by Gasteiger charge is 2.26. The molecular formula is C43H27N3O. The second kappa shape index (κ2) is 10.8. The lowest BCUT2D eigenvalue weighted by molar-refractivity contribution is 0.477. The zero-order valence-corrected chi connectivity index (χ0v) is 25.3. The third-order valence-electron chi connectivity index (χ3n) is 9.04. The minimum absolute atomic E-state index is 0.639. The minimum Gasteiger partial charge on any atom is -0.453 e. The van der Waals surface area contributed by atoms with E-state index in [0.29, 0.717) is 5.56 Å². The number of nitriles is 1. The molecule has 220 valence electrons. The summed E-state index contributed by atoms with van der Waals surface area (Å²) >= 11 is 0. The molecule has 1 aliphatic heterocycles. The summed E-state index contributed by atoms with van der Waals surface area (Å²) in [4.78, 5) is 2.23. The Morgan fingerprint density at radius 3 is 1.68 bits per heavy atom. The predicted molar refractivity (Wildman–Crippen MR) is 191 cm³/mol. The average Bonchev–Trinajstić information content (AvgIpc) is 3.48. The SMILES string of the molecule is N#Cc1c(-c2cccc(N3c4ccccc4Oc4ccccc43)c2)cccc1-c1ccccc1-n1c2ccccc2c2ccccc21. The number of anilines is 3. The van der Waals surface area contributed by atoms with Gasteiger partial charge in [0.2, 0.25) is 0 Å². The molecule has 0 unspecified atom stereocenters. The number of rotatable bonds is 4. The highest BCUT2D eigenvalue weighted by Crippen LogP contribution is 2.50. The van der Waals surface area contributed by atoms with E-state index in [1.165, 1.54) is 10.8 Å². The van der Waals surface area contributed by atoms with Crippen molar-refractivity contribution in [2.75, 3.05) is 4.90 Å². The van der Waals surface area contributed by atoms with E-state index in [1.807, 2.05) is 42.5 Å². The summed E-state index contributed by atoms with van der Waals surface area (Å²) in [5.74, 6) is 1.61. The second-order valence-corrected chi connectivity index (χ2v) is 11.7. The van der Waals surface area contributed by atoms with Crippen LogP contribution in [0.1, 0.15) is 5.56 Å². The number of hydrogen-bond donors (Lipinski definition) is 0. The zero-order valence-electron chi connectivity index (χ0n) is 25.3. The molecule has 4 nitrogen and oxygen atoms in total. The summed E-state index contributed by atoms with van der Waals surface area (Å²) in [6.45, 7) is 0. The van der Waals surface area contributed by atoms with Gasteiger partial charge in [-0.3, -0.25) is 0 Å². The molecule has 0 saturated heterocycles. The first-order valence-electron chi connectivity index (χ1n) is 15.7. The first-order valence-corrected chi connectivity index (χ1v) is 15.7. The van der Waals surface area contributed by atoms with E-state index in [2.05, 4.69) is 137 Å². The van der Waals surface area contributed by atoms with Crippen LogP contribution in [0.25, 0.3) is 49.7 Å². The molecule has 0 aliphatic carbocycles. The van der Waals surface area contributed by atoms with E-state index in [4.69, 9.17) is 4.74 Å². The summed E-state index contributed by atoms with van der Waals surface area (Å²) in [5, 5.41) is 13.2. The van der Waals surface area contributed by atoms with Crippen LogP contribution in [0.15, 0.2) is 164 Å². The standard InChI is InChI=1S/C43H27N3O/c44-28-36-31(29-13-11-14-30(27-29)45-40-23-7-9-25-42(40)47-43-26-10-8-24-41(43)45)18-12-19-32(36)33-15-1-4-20-37(33)46-38-21-5-2-16-34(38)35-17-3-6-22-39(35)46/h1-27H. The Kier molecular flexibility index (Phi) is 6.16. The molecule has 0 radical (unpaired) electrons. The number of benzene rings is 7. The van der Waals surface area contributed by atoms with Crippen LogP contribution in [0.5, 0.6) is 11.5 Å². The topological polar surface area (TPSA) is 41.2 Å². The Morgan fingerprint density at radius 2 is 1.00 bits per heavy atom. The van der Waals surface area contributed by atoms with Crippen LogP contribution < -0.4 is 9.64 Å². The van der Waals surface area contributed by atoms with Crippen molar-refractivity contribution in [2.45, 2.75) is 0 Å². The normalized spacial score (nSPS) is 11.9.